The van der Waals surface area contributed by atoms with Crippen molar-refractivity contribution in [3.05, 3.63) is 69.0 Å². The SMILES string of the molecule is COCc1cc2c(F)c(F)cc(-c3ccc(OCc4nc(C(=O)N(CCN5CCCC5)CC(=O)O)cs4)cc3)c2s1. The number of aliphatic carboxylic acids is 1. The molecule has 0 aliphatic carbocycles. The highest BCUT2D eigenvalue weighted by molar-refractivity contribution is 7.19. The minimum Gasteiger partial charge on any atom is -0.486 e. The molecule has 216 valence electrons. The Morgan fingerprint density at radius 2 is 1.88 bits per heavy atom. The van der Waals surface area contributed by atoms with E-state index in [4.69, 9.17) is 9.47 Å². The Hall–Kier alpha value is -3.45. The maximum Gasteiger partial charge on any atom is 0.323 e. The van der Waals surface area contributed by atoms with Crippen LogP contribution >= 0.6 is 22.7 Å². The van der Waals surface area contributed by atoms with Gasteiger partial charge < -0.3 is 24.4 Å². The van der Waals surface area contributed by atoms with Gasteiger partial charge in [-0.25, -0.2) is 13.8 Å². The highest BCUT2D eigenvalue weighted by atomic mass is 32.1. The van der Waals surface area contributed by atoms with E-state index in [0.29, 0.717) is 46.3 Å². The van der Waals surface area contributed by atoms with Crippen LogP contribution in [0.25, 0.3) is 21.2 Å². The molecule has 5 rings (SSSR count). The maximum absolute atomic E-state index is 14.4. The molecule has 0 unspecified atom stereocenters. The minimum absolute atomic E-state index is 0.116. The van der Waals surface area contributed by atoms with Crippen molar-refractivity contribution in [2.45, 2.75) is 26.1 Å². The number of carboxylic acids is 1. The number of rotatable bonds is 12. The first-order chi connectivity index (χ1) is 19.8. The van der Waals surface area contributed by atoms with Crippen LogP contribution in [0.2, 0.25) is 0 Å². The van der Waals surface area contributed by atoms with Gasteiger partial charge in [-0.05, 0) is 55.8 Å². The molecule has 2 aromatic carbocycles. The van der Waals surface area contributed by atoms with Crippen LogP contribution in [0.4, 0.5) is 8.78 Å². The van der Waals surface area contributed by atoms with Gasteiger partial charge in [-0.15, -0.1) is 22.7 Å². The molecule has 3 heterocycles. The highest BCUT2D eigenvalue weighted by Crippen LogP contribution is 2.38. The molecular weight excluding hydrogens is 572 g/mol. The number of ether oxygens (including phenoxy) is 2. The molecule has 1 N–H and O–H groups in total. The predicted octanol–water partition coefficient (Wildman–Crippen LogP) is 5.65. The topological polar surface area (TPSA) is 92.2 Å². The highest BCUT2D eigenvalue weighted by Gasteiger charge is 2.23. The zero-order valence-corrected chi connectivity index (χ0v) is 24.0. The lowest BCUT2D eigenvalue weighted by Gasteiger charge is -2.23. The Kier molecular flexibility index (Phi) is 9.23. The van der Waals surface area contributed by atoms with Crippen LogP contribution in [0.3, 0.4) is 0 Å². The fraction of sp³-hybridized carbons (Fsp3) is 0.345. The van der Waals surface area contributed by atoms with Crippen LogP contribution in [-0.2, 0) is 22.7 Å². The summed E-state index contributed by atoms with van der Waals surface area (Å²) in [5.41, 5.74) is 1.48. The number of halogens is 2. The van der Waals surface area contributed by atoms with Crippen molar-refractivity contribution in [2.24, 2.45) is 0 Å². The number of likely N-dealkylation sites (tertiary alicyclic amines) is 1. The molecule has 0 radical (unpaired) electrons. The first-order valence-corrected chi connectivity index (χ1v) is 14.8. The average Bonchev–Trinajstić information content (AvgIpc) is 3.73. The van der Waals surface area contributed by atoms with Gasteiger partial charge in [0, 0.05) is 46.1 Å². The van der Waals surface area contributed by atoms with Crippen molar-refractivity contribution in [2.75, 3.05) is 39.8 Å². The van der Waals surface area contributed by atoms with Crippen molar-refractivity contribution >= 4 is 44.6 Å². The third-order valence-electron chi connectivity index (χ3n) is 6.83. The van der Waals surface area contributed by atoms with Crippen molar-refractivity contribution in [1.29, 1.82) is 0 Å². The summed E-state index contributed by atoms with van der Waals surface area (Å²) in [6.45, 7) is 2.92. The number of methoxy groups -OCH3 is 1. The van der Waals surface area contributed by atoms with Gasteiger partial charge in [0.25, 0.3) is 5.91 Å². The molecular formula is C29H29F2N3O5S2. The summed E-state index contributed by atoms with van der Waals surface area (Å²) in [4.78, 5) is 33.1. The van der Waals surface area contributed by atoms with Crippen molar-refractivity contribution < 1.29 is 33.0 Å². The molecule has 4 aromatic rings. The van der Waals surface area contributed by atoms with Crippen molar-refractivity contribution in [3.8, 4) is 16.9 Å². The quantitative estimate of drug-likeness (QED) is 0.224. The van der Waals surface area contributed by atoms with Crippen LogP contribution < -0.4 is 4.74 Å². The number of carbonyl (C=O) groups excluding carboxylic acids is 1. The lowest BCUT2D eigenvalue weighted by Crippen LogP contribution is -2.41. The normalized spacial score (nSPS) is 13.6. The number of thiazole rings is 1. The Labute approximate surface area is 243 Å². The number of benzene rings is 2. The first kappa shape index (κ1) is 29.1. The number of amides is 1. The second-order valence-electron chi connectivity index (χ2n) is 9.72. The van der Waals surface area contributed by atoms with E-state index in [-0.39, 0.29) is 24.2 Å². The molecule has 0 saturated carbocycles. The van der Waals surface area contributed by atoms with Crippen LogP contribution in [0, 0.1) is 11.6 Å². The summed E-state index contributed by atoms with van der Waals surface area (Å²) in [7, 11) is 1.55. The van der Waals surface area contributed by atoms with Gasteiger partial charge in [-0.1, -0.05) is 12.1 Å². The summed E-state index contributed by atoms with van der Waals surface area (Å²) >= 11 is 2.62. The van der Waals surface area contributed by atoms with E-state index in [2.05, 4.69) is 9.88 Å². The van der Waals surface area contributed by atoms with Gasteiger partial charge in [-0.3, -0.25) is 9.59 Å². The lowest BCUT2D eigenvalue weighted by molar-refractivity contribution is -0.137. The number of aromatic nitrogens is 1. The number of thiophene rings is 1. The van der Waals surface area contributed by atoms with Gasteiger partial charge in [0.15, 0.2) is 11.6 Å². The second-order valence-corrected chi connectivity index (χ2v) is 11.8. The summed E-state index contributed by atoms with van der Waals surface area (Å²) in [5, 5.41) is 11.7. The summed E-state index contributed by atoms with van der Waals surface area (Å²) in [6, 6.07) is 9.84. The van der Waals surface area contributed by atoms with E-state index in [1.54, 1.807) is 42.8 Å². The molecule has 8 nitrogen and oxygen atoms in total. The van der Waals surface area contributed by atoms with Gasteiger partial charge in [0.1, 0.15) is 29.6 Å². The molecule has 1 aliphatic rings. The Morgan fingerprint density at radius 3 is 2.59 bits per heavy atom. The minimum atomic E-state index is -1.07. The summed E-state index contributed by atoms with van der Waals surface area (Å²) in [6.07, 6.45) is 2.23. The molecule has 0 bridgehead atoms. The third-order valence-corrected chi connectivity index (χ3v) is 8.79. The lowest BCUT2D eigenvalue weighted by atomic mass is 10.0. The fourth-order valence-electron chi connectivity index (χ4n) is 4.81. The molecule has 0 spiro atoms. The van der Waals surface area contributed by atoms with Crippen LogP contribution in [0.15, 0.2) is 41.8 Å². The number of hydrogen-bond donors (Lipinski definition) is 1. The molecule has 1 fully saturated rings. The smallest absolute Gasteiger partial charge is 0.323 e. The van der Waals surface area contributed by atoms with Crippen LogP contribution in [0.5, 0.6) is 5.75 Å². The summed E-state index contributed by atoms with van der Waals surface area (Å²) in [5.74, 6) is -2.73. The van der Waals surface area contributed by atoms with Gasteiger partial charge in [-0.2, -0.15) is 0 Å². The average molecular weight is 602 g/mol. The number of fused-ring (bicyclic) bond motifs is 1. The van der Waals surface area contributed by atoms with Crippen molar-refractivity contribution in [3.63, 3.8) is 0 Å². The van der Waals surface area contributed by atoms with Gasteiger partial charge >= 0.3 is 5.97 Å². The number of carboxylic acid groups (broad SMARTS) is 1. The summed E-state index contributed by atoms with van der Waals surface area (Å²) < 4.78 is 40.5. The number of carbonyl (C=O) groups is 2. The second kappa shape index (κ2) is 13.0. The molecule has 1 amide bonds. The molecule has 1 aliphatic heterocycles. The predicted molar refractivity (Wildman–Crippen MR) is 154 cm³/mol. The Balaban J connectivity index is 1.24. The van der Waals surface area contributed by atoms with E-state index in [1.807, 2.05) is 0 Å². The fourth-order valence-corrected chi connectivity index (χ4v) is 6.65. The van der Waals surface area contributed by atoms with Gasteiger partial charge in [0.05, 0.1) is 6.61 Å². The van der Waals surface area contributed by atoms with E-state index in [0.717, 1.165) is 30.8 Å². The van der Waals surface area contributed by atoms with E-state index in [9.17, 15) is 23.5 Å². The maximum atomic E-state index is 14.4. The third kappa shape index (κ3) is 6.89. The Bertz CT molecular complexity index is 1530. The molecule has 41 heavy (non-hydrogen) atoms. The molecule has 2 aromatic heterocycles. The molecule has 0 atom stereocenters. The Morgan fingerprint density at radius 1 is 1.12 bits per heavy atom. The zero-order valence-electron chi connectivity index (χ0n) is 22.4. The largest absolute Gasteiger partial charge is 0.486 e. The van der Waals surface area contributed by atoms with E-state index in [1.165, 1.54) is 33.6 Å². The van der Waals surface area contributed by atoms with Gasteiger partial charge in [0.2, 0.25) is 0 Å². The number of hydrogen-bond acceptors (Lipinski definition) is 8. The van der Waals surface area contributed by atoms with E-state index >= 15 is 0 Å². The zero-order chi connectivity index (χ0) is 28.9. The first-order valence-electron chi connectivity index (χ1n) is 13.1. The molecule has 12 heteroatoms. The van der Waals surface area contributed by atoms with Crippen molar-refractivity contribution in [1.82, 2.24) is 14.8 Å². The number of nitrogens with zero attached hydrogens (tertiary/aromatic N) is 3. The monoisotopic (exact) mass is 601 g/mol. The standard InChI is InChI=1S/C29H29F2N3O5S2/c1-38-15-20-12-22-27(31)23(30)13-21(28(22)41-20)18-4-6-19(7-5-18)39-16-25-32-24(17-40-25)29(37)34(14-26(35)36)11-10-33-8-2-3-9-33/h4-7,12-13,17H,2-3,8-11,14-16H2,1H3,(H,35,36). The van der Waals surface area contributed by atoms with E-state index < -0.39 is 23.5 Å². The van der Waals surface area contributed by atoms with Crippen LogP contribution in [0.1, 0.15) is 33.2 Å². The van der Waals surface area contributed by atoms with Crippen LogP contribution in [-0.4, -0.2) is 71.6 Å². The molecule has 1 saturated heterocycles.